The molecule has 0 aliphatic rings. The number of aromatic nitrogens is 2. The number of benzene rings is 1. The largest absolute Gasteiger partial charge is 0.416 e. The molecule has 1 N–H and O–H groups in total. The molecule has 1 heterocycles. The average Bonchev–Trinajstić information content (AvgIpc) is 2.31. The minimum atomic E-state index is -4.44. The lowest BCUT2D eigenvalue weighted by molar-refractivity contribution is -0.137. The fourth-order valence-corrected chi connectivity index (χ4v) is 1.31. The number of hydrogen-bond acceptors (Lipinski definition) is 3. The van der Waals surface area contributed by atoms with E-state index in [2.05, 4.69) is 15.3 Å². The normalized spacial score (nSPS) is 11.3. The summed E-state index contributed by atoms with van der Waals surface area (Å²) >= 11 is 0. The minimum Gasteiger partial charge on any atom is -0.338 e. The van der Waals surface area contributed by atoms with Crippen LogP contribution in [0.15, 0.2) is 36.8 Å². The fourth-order valence-electron chi connectivity index (χ4n) is 1.31. The first-order valence-corrected chi connectivity index (χ1v) is 4.86. The van der Waals surface area contributed by atoms with E-state index < -0.39 is 17.6 Å². The Balaban J connectivity index is 2.28. The van der Waals surface area contributed by atoms with E-state index in [9.17, 15) is 17.6 Å². The second-order valence-electron chi connectivity index (χ2n) is 3.42. The zero-order chi connectivity index (χ0) is 13.2. The summed E-state index contributed by atoms with van der Waals surface area (Å²) in [6.07, 6.45) is -2.43. The van der Waals surface area contributed by atoms with Crippen molar-refractivity contribution in [1.29, 1.82) is 0 Å². The molecule has 0 aliphatic carbocycles. The molecule has 18 heavy (non-hydrogen) atoms. The van der Waals surface area contributed by atoms with Crippen molar-refractivity contribution >= 4 is 11.5 Å². The van der Waals surface area contributed by atoms with Gasteiger partial charge in [-0.25, -0.2) is 14.4 Å². The fraction of sp³-hybridized carbons (Fsp3) is 0.0909. The van der Waals surface area contributed by atoms with Gasteiger partial charge in [0.05, 0.1) is 11.8 Å². The molecule has 0 aliphatic heterocycles. The Labute approximate surface area is 99.5 Å². The van der Waals surface area contributed by atoms with Crippen LogP contribution in [0.4, 0.5) is 29.1 Å². The molecule has 0 amide bonds. The predicted molar refractivity (Wildman–Crippen MR) is 56.7 cm³/mol. The zero-order valence-electron chi connectivity index (χ0n) is 8.87. The standard InChI is InChI=1S/C11H7F4N3/c12-9-5-16-6-17-10(9)18-8-3-1-2-7(4-8)11(13,14)15/h1-6H,(H,16,17,18). The molecule has 0 radical (unpaired) electrons. The van der Waals surface area contributed by atoms with Crippen LogP contribution in [0.5, 0.6) is 0 Å². The van der Waals surface area contributed by atoms with Crippen molar-refractivity contribution in [3.63, 3.8) is 0 Å². The molecular weight excluding hydrogens is 250 g/mol. The third-order valence-electron chi connectivity index (χ3n) is 2.12. The summed E-state index contributed by atoms with van der Waals surface area (Å²) in [5.74, 6) is -0.917. The van der Waals surface area contributed by atoms with E-state index in [1.165, 1.54) is 12.1 Å². The average molecular weight is 257 g/mol. The topological polar surface area (TPSA) is 37.8 Å². The third kappa shape index (κ3) is 2.73. The monoisotopic (exact) mass is 257 g/mol. The lowest BCUT2D eigenvalue weighted by Gasteiger charge is -2.10. The van der Waals surface area contributed by atoms with Crippen LogP contribution in [-0.4, -0.2) is 9.97 Å². The number of halogens is 4. The SMILES string of the molecule is Fc1cncnc1Nc1cccc(C(F)(F)F)c1. The summed E-state index contributed by atoms with van der Waals surface area (Å²) in [5, 5.41) is 2.46. The summed E-state index contributed by atoms with van der Waals surface area (Å²) in [6, 6.07) is 4.42. The molecule has 0 saturated carbocycles. The van der Waals surface area contributed by atoms with Gasteiger partial charge in [0.2, 0.25) is 0 Å². The lowest BCUT2D eigenvalue weighted by Crippen LogP contribution is -2.05. The van der Waals surface area contributed by atoms with Gasteiger partial charge in [-0.2, -0.15) is 13.2 Å². The molecular formula is C11H7F4N3. The first-order chi connectivity index (χ1) is 8.47. The highest BCUT2D eigenvalue weighted by atomic mass is 19.4. The maximum Gasteiger partial charge on any atom is 0.416 e. The minimum absolute atomic E-state index is 0.0995. The van der Waals surface area contributed by atoms with Gasteiger partial charge in [-0.05, 0) is 18.2 Å². The van der Waals surface area contributed by atoms with Gasteiger partial charge in [-0.1, -0.05) is 6.07 Å². The van der Waals surface area contributed by atoms with E-state index in [4.69, 9.17) is 0 Å². The summed E-state index contributed by atoms with van der Waals surface area (Å²) in [4.78, 5) is 7.02. The van der Waals surface area contributed by atoms with Gasteiger partial charge in [0.15, 0.2) is 11.6 Å². The molecule has 7 heteroatoms. The summed E-state index contributed by atoms with van der Waals surface area (Å²) < 4.78 is 50.6. The van der Waals surface area contributed by atoms with E-state index in [0.29, 0.717) is 0 Å². The van der Waals surface area contributed by atoms with Crippen molar-refractivity contribution in [2.75, 3.05) is 5.32 Å². The lowest BCUT2D eigenvalue weighted by atomic mass is 10.2. The number of nitrogens with one attached hydrogen (secondary N) is 1. The number of alkyl halides is 3. The highest BCUT2D eigenvalue weighted by Crippen LogP contribution is 2.31. The van der Waals surface area contributed by atoms with Crippen molar-refractivity contribution < 1.29 is 17.6 Å². The Kier molecular flexibility index (Phi) is 3.14. The molecule has 3 nitrogen and oxygen atoms in total. The van der Waals surface area contributed by atoms with Gasteiger partial charge in [0.25, 0.3) is 0 Å². The van der Waals surface area contributed by atoms with Gasteiger partial charge in [-0.15, -0.1) is 0 Å². The molecule has 0 fully saturated rings. The quantitative estimate of drug-likeness (QED) is 0.838. The zero-order valence-corrected chi connectivity index (χ0v) is 8.87. The smallest absolute Gasteiger partial charge is 0.338 e. The van der Waals surface area contributed by atoms with E-state index in [1.54, 1.807) is 0 Å². The molecule has 94 valence electrons. The van der Waals surface area contributed by atoms with E-state index >= 15 is 0 Å². The first kappa shape index (κ1) is 12.3. The first-order valence-electron chi connectivity index (χ1n) is 4.86. The number of anilines is 2. The number of nitrogens with zero attached hydrogens (tertiary/aromatic N) is 2. The second-order valence-corrected chi connectivity index (χ2v) is 3.42. The van der Waals surface area contributed by atoms with Gasteiger partial charge < -0.3 is 5.32 Å². The van der Waals surface area contributed by atoms with Gasteiger partial charge in [0.1, 0.15) is 6.33 Å². The maximum absolute atomic E-state index is 13.2. The van der Waals surface area contributed by atoms with Crippen LogP contribution in [-0.2, 0) is 6.18 Å². The predicted octanol–water partition coefficient (Wildman–Crippen LogP) is 3.38. The van der Waals surface area contributed by atoms with E-state index in [1.807, 2.05) is 0 Å². The number of rotatable bonds is 2. The van der Waals surface area contributed by atoms with Crippen LogP contribution in [0.3, 0.4) is 0 Å². The van der Waals surface area contributed by atoms with Crippen LogP contribution in [0.1, 0.15) is 5.56 Å². The van der Waals surface area contributed by atoms with Crippen LogP contribution >= 0.6 is 0 Å². The Bertz CT molecular complexity index is 554. The Morgan fingerprint density at radius 2 is 1.94 bits per heavy atom. The molecule has 1 aromatic heterocycles. The van der Waals surface area contributed by atoms with Crippen molar-refractivity contribution in [3.05, 3.63) is 48.2 Å². The highest BCUT2D eigenvalue weighted by molar-refractivity contribution is 5.57. The van der Waals surface area contributed by atoms with E-state index in [-0.39, 0.29) is 11.5 Å². The Morgan fingerprint density at radius 1 is 1.17 bits per heavy atom. The molecule has 2 rings (SSSR count). The number of hydrogen-bond donors (Lipinski definition) is 1. The molecule has 2 aromatic rings. The molecule has 0 bridgehead atoms. The van der Waals surface area contributed by atoms with Crippen LogP contribution in [0, 0.1) is 5.82 Å². The van der Waals surface area contributed by atoms with Crippen molar-refractivity contribution in [3.8, 4) is 0 Å². The molecule has 1 aromatic carbocycles. The molecule has 0 atom stereocenters. The van der Waals surface area contributed by atoms with Crippen LogP contribution < -0.4 is 5.32 Å². The van der Waals surface area contributed by atoms with Crippen molar-refractivity contribution in [2.24, 2.45) is 0 Å². The third-order valence-corrected chi connectivity index (χ3v) is 2.12. The van der Waals surface area contributed by atoms with Crippen molar-refractivity contribution in [1.82, 2.24) is 9.97 Å². The molecule has 0 unspecified atom stereocenters. The maximum atomic E-state index is 13.2. The molecule has 0 spiro atoms. The van der Waals surface area contributed by atoms with Gasteiger partial charge in [0, 0.05) is 5.69 Å². The van der Waals surface area contributed by atoms with Crippen LogP contribution in [0.25, 0.3) is 0 Å². The Hall–Kier alpha value is -2.18. The van der Waals surface area contributed by atoms with Crippen molar-refractivity contribution in [2.45, 2.75) is 6.18 Å². The second kappa shape index (κ2) is 4.59. The molecule has 0 saturated heterocycles. The van der Waals surface area contributed by atoms with Gasteiger partial charge in [-0.3, -0.25) is 0 Å². The summed E-state index contributed by atoms with van der Waals surface area (Å²) in [6.45, 7) is 0. The van der Waals surface area contributed by atoms with Crippen LogP contribution in [0.2, 0.25) is 0 Å². The van der Waals surface area contributed by atoms with E-state index in [0.717, 1.165) is 24.7 Å². The van der Waals surface area contributed by atoms with Gasteiger partial charge >= 0.3 is 6.18 Å². The summed E-state index contributed by atoms with van der Waals surface area (Å²) in [5.41, 5.74) is -0.718. The Morgan fingerprint density at radius 3 is 2.61 bits per heavy atom. The highest BCUT2D eigenvalue weighted by Gasteiger charge is 2.30. The summed E-state index contributed by atoms with van der Waals surface area (Å²) in [7, 11) is 0.